The quantitative estimate of drug-likeness (QED) is 0.256. The van der Waals surface area contributed by atoms with E-state index in [1.165, 1.54) is 65.9 Å². The van der Waals surface area contributed by atoms with Gasteiger partial charge >= 0.3 is 234 Å². The molecule has 1 heteroatoms. The van der Waals surface area contributed by atoms with Crippen LogP contribution in [-0.4, -0.2) is 0 Å². The van der Waals surface area contributed by atoms with Crippen LogP contribution in [0.25, 0.3) is 0 Å². The minimum absolute atomic E-state index is 0.616. The number of hydrogen-bond acceptors (Lipinski definition) is 0. The summed E-state index contributed by atoms with van der Waals surface area (Å²) >= 11 is -0.903. The fourth-order valence-electron chi connectivity index (χ4n) is 7.42. The van der Waals surface area contributed by atoms with Gasteiger partial charge in [0.15, 0.2) is 0 Å². The van der Waals surface area contributed by atoms with Crippen LogP contribution in [-0.2, 0) is 14.1 Å². The maximum absolute atomic E-state index is 2.50. The van der Waals surface area contributed by atoms with Crippen molar-refractivity contribution in [1.82, 2.24) is 0 Å². The summed E-state index contributed by atoms with van der Waals surface area (Å²) in [5.41, 5.74) is 17.8. The third kappa shape index (κ3) is 7.19. The molecule has 201 valence electrons. The number of benzene rings is 3. The molecule has 0 heterocycles. The first-order valence-electron chi connectivity index (χ1n) is 14.2. The Morgan fingerprint density at radius 2 is 0.595 bits per heavy atom. The monoisotopic (exact) mass is 535 g/mol. The van der Waals surface area contributed by atoms with Gasteiger partial charge in [-0.05, 0) is 0 Å². The first kappa shape index (κ1) is 29.7. The molecule has 3 aromatic carbocycles. The molecule has 0 aliphatic rings. The average Bonchev–Trinajstić information content (AvgIpc) is 2.71. The molecule has 0 bridgehead atoms. The summed E-state index contributed by atoms with van der Waals surface area (Å²) in [6.45, 7) is 28.1. The van der Waals surface area contributed by atoms with E-state index in [1.807, 2.05) is 0 Å². The van der Waals surface area contributed by atoms with Crippen LogP contribution in [0, 0.1) is 62.3 Å². The van der Waals surface area contributed by atoms with Crippen molar-refractivity contribution in [2.45, 2.75) is 117 Å². The summed E-state index contributed by atoms with van der Waals surface area (Å²) in [5.74, 6) is 1.85. The van der Waals surface area contributed by atoms with Gasteiger partial charge in [-0.1, -0.05) is 0 Å². The van der Waals surface area contributed by atoms with Gasteiger partial charge in [0.25, 0.3) is 0 Å². The first-order chi connectivity index (χ1) is 17.3. The Kier molecular flexibility index (Phi) is 9.94. The molecular formula is C36H51Cr. The minimum atomic E-state index is -0.903. The molecule has 0 nitrogen and oxygen atoms in total. The molecule has 3 unspecified atom stereocenters. The normalized spacial score (nSPS) is 14.2. The molecule has 3 rings (SSSR count). The van der Waals surface area contributed by atoms with E-state index >= 15 is 0 Å². The van der Waals surface area contributed by atoms with E-state index in [9.17, 15) is 0 Å². The Hall–Kier alpha value is -1.81. The summed E-state index contributed by atoms with van der Waals surface area (Å²) in [7, 11) is 0. The van der Waals surface area contributed by atoms with Gasteiger partial charge in [-0.15, -0.1) is 0 Å². The number of aryl methyl sites for hydroxylation is 9. The van der Waals surface area contributed by atoms with Crippen molar-refractivity contribution in [2.24, 2.45) is 0 Å². The Bertz CT molecular complexity index is 1020. The molecular weight excluding hydrogens is 484 g/mol. The van der Waals surface area contributed by atoms with Crippen molar-refractivity contribution in [2.75, 3.05) is 0 Å². The van der Waals surface area contributed by atoms with Crippen LogP contribution in [0.2, 0.25) is 15.8 Å². The Morgan fingerprint density at radius 1 is 0.405 bits per heavy atom. The standard InChI is InChI=1S/3C12H17.Cr/c3*1-8(2)12-10(4)6-9(3)7-11(12)5;/h3*6-8H,1H2,2-5H3;. The zero-order chi connectivity index (χ0) is 27.6. The molecule has 0 aliphatic heterocycles. The maximum atomic E-state index is 2.50. The van der Waals surface area contributed by atoms with Crippen molar-refractivity contribution in [3.8, 4) is 0 Å². The zero-order valence-electron chi connectivity index (χ0n) is 25.7. The summed E-state index contributed by atoms with van der Waals surface area (Å²) in [6.07, 6.45) is 0. The van der Waals surface area contributed by atoms with Crippen LogP contribution >= 0.6 is 0 Å². The molecule has 0 saturated heterocycles. The molecule has 0 saturated carbocycles. The van der Waals surface area contributed by atoms with Gasteiger partial charge in [-0.25, -0.2) is 0 Å². The fourth-order valence-corrected chi connectivity index (χ4v) is 12.2. The molecule has 0 amide bonds. The topological polar surface area (TPSA) is 0 Å². The molecule has 0 aromatic heterocycles. The van der Waals surface area contributed by atoms with E-state index in [1.54, 1.807) is 16.7 Å². The van der Waals surface area contributed by atoms with Gasteiger partial charge in [0, 0.05) is 0 Å². The van der Waals surface area contributed by atoms with E-state index in [0.717, 1.165) is 0 Å². The second kappa shape index (κ2) is 12.4. The van der Waals surface area contributed by atoms with Gasteiger partial charge in [0.1, 0.15) is 0 Å². The van der Waals surface area contributed by atoms with Crippen LogP contribution < -0.4 is 0 Å². The van der Waals surface area contributed by atoms with Crippen LogP contribution in [0.3, 0.4) is 0 Å². The van der Waals surface area contributed by atoms with E-state index < -0.39 is 14.1 Å². The van der Waals surface area contributed by atoms with E-state index in [0.29, 0.717) is 17.8 Å². The molecule has 0 radical (unpaired) electrons. The third-order valence-corrected chi connectivity index (χ3v) is 12.7. The van der Waals surface area contributed by atoms with Crippen LogP contribution in [0.5, 0.6) is 0 Å². The molecule has 0 fully saturated rings. The molecule has 3 atom stereocenters. The first-order valence-corrected chi connectivity index (χ1v) is 16.9. The molecule has 0 aliphatic carbocycles. The van der Waals surface area contributed by atoms with E-state index in [4.69, 9.17) is 0 Å². The Morgan fingerprint density at radius 3 is 0.784 bits per heavy atom. The van der Waals surface area contributed by atoms with Crippen molar-refractivity contribution >= 4 is 0 Å². The van der Waals surface area contributed by atoms with Gasteiger partial charge in [0.05, 0.1) is 0 Å². The van der Waals surface area contributed by atoms with Gasteiger partial charge in [-0.2, -0.15) is 0 Å². The van der Waals surface area contributed by atoms with Gasteiger partial charge < -0.3 is 0 Å². The van der Waals surface area contributed by atoms with E-state index in [2.05, 4.69) is 119 Å². The van der Waals surface area contributed by atoms with Crippen molar-refractivity contribution < 1.29 is 14.1 Å². The predicted octanol–water partition coefficient (Wildman–Crippen LogP) is 11.0. The van der Waals surface area contributed by atoms with E-state index in [-0.39, 0.29) is 0 Å². The van der Waals surface area contributed by atoms with Crippen LogP contribution in [0.1, 0.15) is 105 Å². The molecule has 37 heavy (non-hydrogen) atoms. The van der Waals surface area contributed by atoms with Crippen molar-refractivity contribution in [3.63, 3.8) is 0 Å². The third-order valence-electron chi connectivity index (χ3n) is 8.15. The van der Waals surface area contributed by atoms with Crippen molar-refractivity contribution in [1.29, 1.82) is 0 Å². The van der Waals surface area contributed by atoms with Crippen LogP contribution in [0.4, 0.5) is 0 Å². The summed E-state index contributed by atoms with van der Waals surface area (Å²) < 4.78 is 0. The fraction of sp³-hybridized carbons (Fsp3) is 0.500. The Balaban J connectivity index is 1.94. The van der Waals surface area contributed by atoms with Crippen LogP contribution in [0.15, 0.2) is 36.4 Å². The van der Waals surface area contributed by atoms with Gasteiger partial charge in [-0.3, -0.25) is 0 Å². The SMILES string of the molecule is Cc1cc(C)c(C(C)[CH2][Cr]([CH2]C(C)c2c(C)cc(C)cc2C)[CH2]C(C)c2c(C)cc(C)cc2C)c(C)c1. The summed E-state index contributed by atoms with van der Waals surface area (Å²) in [6, 6.07) is 14.3. The predicted molar refractivity (Wildman–Crippen MR) is 162 cm³/mol. The Labute approximate surface area is 233 Å². The average molecular weight is 536 g/mol. The second-order valence-corrected chi connectivity index (χ2v) is 15.7. The van der Waals surface area contributed by atoms with Gasteiger partial charge in [0.2, 0.25) is 0 Å². The summed E-state index contributed by atoms with van der Waals surface area (Å²) in [4.78, 5) is 0. The summed E-state index contributed by atoms with van der Waals surface area (Å²) in [5, 5.41) is 4.11. The molecule has 0 spiro atoms. The number of rotatable bonds is 9. The molecule has 0 N–H and O–H groups in total. The zero-order valence-corrected chi connectivity index (χ0v) is 27.0. The second-order valence-electron chi connectivity index (χ2n) is 12.3. The number of hydrogen-bond donors (Lipinski definition) is 0. The molecule has 3 aromatic rings. The van der Waals surface area contributed by atoms with Crippen molar-refractivity contribution in [3.05, 3.63) is 103 Å².